The molecule has 0 amide bonds. The zero-order valence-electron chi connectivity index (χ0n) is 10.9. The Morgan fingerprint density at radius 1 is 1.22 bits per heavy atom. The summed E-state index contributed by atoms with van der Waals surface area (Å²) in [5.74, 6) is 0. The van der Waals surface area contributed by atoms with E-state index in [2.05, 4.69) is 15.6 Å². The molecule has 3 rings (SSSR count). The Morgan fingerprint density at radius 3 is 2.89 bits per heavy atom. The summed E-state index contributed by atoms with van der Waals surface area (Å²) in [7, 11) is 0. The number of aliphatic hydroxyl groups is 1. The lowest BCUT2D eigenvalue weighted by atomic mass is 9.95. The maximum atomic E-state index is 10.6. The topological polar surface area (TPSA) is 38.1 Å². The van der Waals surface area contributed by atoms with Crippen molar-refractivity contribution < 1.29 is 5.11 Å². The summed E-state index contributed by atoms with van der Waals surface area (Å²) >= 11 is 0. The van der Waals surface area contributed by atoms with E-state index in [1.54, 1.807) is 0 Å². The third-order valence-corrected chi connectivity index (χ3v) is 4.09. The van der Waals surface area contributed by atoms with Gasteiger partial charge in [-0.05, 0) is 44.1 Å². The molecule has 1 saturated carbocycles. The van der Waals surface area contributed by atoms with Gasteiger partial charge in [-0.3, -0.25) is 0 Å². The third kappa shape index (κ3) is 2.51. The minimum atomic E-state index is -0.439. The van der Waals surface area contributed by atoms with E-state index in [1.807, 2.05) is 12.5 Å². The average molecular weight is 246 g/mol. The van der Waals surface area contributed by atoms with Crippen molar-refractivity contribution in [2.45, 2.75) is 63.5 Å². The number of aromatic nitrogens is 2. The number of imidazole rings is 1. The molecular formula is C15H22N2O. The summed E-state index contributed by atoms with van der Waals surface area (Å²) in [5.41, 5.74) is 2.20. The van der Waals surface area contributed by atoms with Crippen LogP contribution in [-0.4, -0.2) is 14.7 Å². The van der Waals surface area contributed by atoms with Crippen molar-refractivity contribution in [1.29, 1.82) is 0 Å². The summed E-state index contributed by atoms with van der Waals surface area (Å²) < 4.78 is 2.17. The number of aliphatic hydroxyl groups excluding tert-OH is 1. The van der Waals surface area contributed by atoms with E-state index >= 15 is 0 Å². The van der Waals surface area contributed by atoms with Gasteiger partial charge in [0.05, 0.1) is 18.2 Å². The highest BCUT2D eigenvalue weighted by molar-refractivity contribution is 5.20. The predicted molar refractivity (Wildman–Crippen MR) is 71.2 cm³/mol. The molecule has 3 nitrogen and oxygen atoms in total. The summed E-state index contributed by atoms with van der Waals surface area (Å²) in [6, 6.07) is 0.589. The molecule has 0 bridgehead atoms. The standard InChI is InChI=1S/C15H22N2O/c18-15(12-6-4-2-1-3-5-7-12)14-10-16-11-17(14)13-8-9-13/h6,10-11,13,15,18H,1-5,7-9H2. The Hall–Kier alpha value is -1.09. The molecule has 1 heterocycles. The molecule has 1 aromatic rings. The van der Waals surface area contributed by atoms with Crippen LogP contribution < -0.4 is 0 Å². The van der Waals surface area contributed by atoms with Crippen LogP contribution in [0.4, 0.5) is 0 Å². The van der Waals surface area contributed by atoms with Gasteiger partial charge in [-0.2, -0.15) is 0 Å². The lowest BCUT2D eigenvalue weighted by molar-refractivity contribution is 0.199. The summed E-state index contributed by atoms with van der Waals surface area (Å²) in [6.07, 6.45) is 15.2. The molecule has 3 heteroatoms. The second kappa shape index (κ2) is 5.27. The number of allylic oxidation sites excluding steroid dienone is 1. The van der Waals surface area contributed by atoms with Crippen molar-refractivity contribution in [3.05, 3.63) is 29.9 Å². The normalized spacial score (nSPS) is 23.1. The number of hydrogen-bond donors (Lipinski definition) is 1. The van der Waals surface area contributed by atoms with Gasteiger partial charge in [0.25, 0.3) is 0 Å². The van der Waals surface area contributed by atoms with Crippen LogP contribution in [0.3, 0.4) is 0 Å². The Morgan fingerprint density at radius 2 is 2.06 bits per heavy atom. The maximum absolute atomic E-state index is 10.6. The highest BCUT2D eigenvalue weighted by Crippen LogP contribution is 2.38. The fraction of sp³-hybridized carbons (Fsp3) is 0.667. The molecule has 0 saturated heterocycles. The molecule has 98 valence electrons. The summed E-state index contributed by atoms with van der Waals surface area (Å²) in [5, 5.41) is 10.6. The van der Waals surface area contributed by atoms with E-state index in [0.717, 1.165) is 18.5 Å². The Balaban J connectivity index is 1.79. The molecule has 0 aromatic carbocycles. The van der Waals surface area contributed by atoms with Crippen molar-refractivity contribution in [3.8, 4) is 0 Å². The quantitative estimate of drug-likeness (QED) is 0.828. The van der Waals surface area contributed by atoms with E-state index in [4.69, 9.17) is 0 Å². The smallest absolute Gasteiger partial charge is 0.117 e. The molecule has 2 aliphatic rings. The first kappa shape index (κ1) is 12.0. The van der Waals surface area contributed by atoms with Crippen LogP contribution >= 0.6 is 0 Å². The number of nitrogens with zero attached hydrogens (tertiary/aromatic N) is 2. The third-order valence-electron chi connectivity index (χ3n) is 4.09. The zero-order valence-corrected chi connectivity index (χ0v) is 10.9. The van der Waals surface area contributed by atoms with Gasteiger partial charge in [-0.15, -0.1) is 0 Å². The Bertz CT molecular complexity index is 431. The van der Waals surface area contributed by atoms with Crippen LogP contribution in [0.2, 0.25) is 0 Å². The fourth-order valence-corrected chi connectivity index (χ4v) is 2.84. The van der Waals surface area contributed by atoms with Crippen molar-refractivity contribution in [3.63, 3.8) is 0 Å². The zero-order chi connectivity index (χ0) is 12.4. The van der Waals surface area contributed by atoms with Crippen molar-refractivity contribution in [2.75, 3.05) is 0 Å². The molecule has 1 atom stereocenters. The van der Waals surface area contributed by atoms with Crippen LogP contribution in [0.15, 0.2) is 24.2 Å². The predicted octanol–water partition coefficient (Wildman–Crippen LogP) is 3.53. The van der Waals surface area contributed by atoms with Crippen LogP contribution in [0.5, 0.6) is 0 Å². The van der Waals surface area contributed by atoms with Gasteiger partial charge >= 0.3 is 0 Å². The molecule has 1 N–H and O–H groups in total. The number of hydrogen-bond acceptors (Lipinski definition) is 2. The van der Waals surface area contributed by atoms with Gasteiger partial charge in [0, 0.05) is 6.04 Å². The van der Waals surface area contributed by atoms with Gasteiger partial charge in [0.1, 0.15) is 6.10 Å². The van der Waals surface area contributed by atoms with Crippen LogP contribution in [0, 0.1) is 0 Å². The molecule has 18 heavy (non-hydrogen) atoms. The second-order valence-electron chi connectivity index (χ2n) is 5.59. The van der Waals surface area contributed by atoms with Crippen LogP contribution in [-0.2, 0) is 0 Å². The number of rotatable bonds is 3. The van der Waals surface area contributed by atoms with E-state index in [1.165, 1.54) is 44.1 Å². The minimum Gasteiger partial charge on any atom is -0.382 e. The lowest BCUT2D eigenvalue weighted by Crippen LogP contribution is -2.09. The largest absolute Gasteiger partial charge is 0.382 e. The van der Waals surface area contributed by atoms with E-state index in [0.29, 0.717) is 6.04 Å². The molecule has 0 aliphatic heterocycles. The van der Waals surface area contributed by atoms with Crippen molar-refractivity contribution in [1.82, 2.24) is 9.55 Å². The molecule has 1 unspecified atom stereocenters. The summed E-state index contributed by atoms with van der Waals surface area (Å²) in [4.78, 5) is 4.22. The SMILES string of the molecule is OC(C1=CCCCCCC1)c1cncn1C1CC1. The van der Waals surface area contributed by atoms with Gasteiger partial charge in [-0.25, -0.2) is 4.98 Å². The first-order valence-electron chi connectivity index (χ1n) is 7.25. The van der Waals surface area contributed by atoms with Gasteiger partial charge in [0.2, 0.25) is 0 Å². The van der Waals surface area contributed by atoms with Crippen molar-refractivity contribution >= 4 is 0 Å². The van der Waals surface area contributed by atoms with E-state index in [-0.39, 0.29) is 0 Å². The first-order chi connectivity index (χ1) is 8.86. The molecule has 1 fully saturated rings. The first-order valence-corrected chi connectivity index (χ1v) is 7.25. The van der Waals surface area contributed by atoms with Gasteiger partial charge < -0.3 is 9.67 Å². The van der Waals surface area contributed by atoms with Gasteiger partial charge in [-0.1, -0.05) is 18.9 Å². The highest BCUT2D eigenvalue weighted by atomic mass is 16.3. The molecule has 1 aromatic heterocycles. The lowest BCUT2D eigenvalue weighted by Gasteiger charge is -2.19. The molecule has 0 spiro atoms. The maximum Gasteiger partial charge on any atom is 0.117 e. The fourth-order valence-electron chi connectivity index (χ4n) is 2.84. The van der Waals surface area contributed by atoms with Crippen molar-refractivity contribution in [2.24, 2.45) is 0 Å². The second-order valence-corrected chi connectivity index (χ2v) is 5.59. The highest BCUT2D eigenvalue weighted by Gasteiger charge is 2.28. The van der Waals surface area contributed by atoms with Crippen LogP contribution in [0.1, 0.15) is 69.2 Å². The van der Waals surface area contributed by atoms with E-state index < -0.39 is 6.10 Å². The minimum absolute atomic E-state index is 0.439. The molecular weight excluding hydrogens is 224 g/mol. The van der Waals surface area contributed by atoms with E-state index in [9.17, 15) is 5.11 Å². The monoisotopic (exact) mass is 246 g/mol. The van der Waals surface area contributed by atoms with Gasteiger partial charge in [0.15, 0.2) is 0 Å². The molecule has 0 radical (unpaired) electrons. The average Bonchev–Trinajstić information content (AvgIpc) is 3.06. The van der Waals surface area contributed by atoms with Crippen LogP contribution in [0.25, 0.3) is 0 Å². The summed E-state index contributed by atoms with van der Waals surface area (Å²) in [6.45, 7) is 0. The Labute approximate surface area is 109 Å². The molecule has 2 aliphatic carbocycles. The Kier molecular flexibility index (Phi) is 3.50.